The number of thiazole rings is 1. The summed E-state index contributed by atoms with van der Waals surface area (Å²) in [5.74, 6) is 0.176. The van der Waals surface area contributed by atoms with E-state index in [9.17, 15) is 13.2 Å². The Morgan fingerprint density at radius 3 is 2.42 bits per heavy atom. The average Bonchev–Trinajstić information content (AvgIpc) is 3.11. The molecular weight excluding hydrogens is 368 g/mol. The first-order valence-electron chi connectivity index (χ1n) is 8.95. The molecule has 5 nitrogen and oxygen atoms in total. The average molecular weight is 393 g/mol. The van der Waals surface area contributed by atoms with Crippen LogP contribution in [-0.2, 0) is 21.2 Å². The Morgan fingerprint density at radius 1 is 1.15 bits per heavy atom. The summed E-state index contributed by atoms with van der Waals surface area (Å²) in [6, 6.07) is 6.88. The molecule has 0 aliphatic carbocycles. The fourth-order valence-corrected chi connectivity index (χ4v) is 5.26. The van der Waals surface area contributed by atoms with Crippen LogP contribution in [0.4, 0.5) is 0 Å². The first-order chi connectivity index (χ1) is 12.4. The highest BCUT2D eigenvalue weighted by atomic mass is 32.2. The van der Waals surface area contributed by atoms with Gasteiger partial charge in [-0.25, -0.2) is 13.4 Å². The molecule has 7 heteroatoms. The molecule has 2 aromatic rings. The van der Waals surface area contributed by atoms with E-state index < -0.39 is 10.0 Å². The Morgan fingerprint density at radius 2 is 1.81 bits per heavy atom. The molecule has 0 atom stereocenters. The number of hydrogen-bond acceptors (Lipinski definition) is 5. The normalized spacial score (nSPS) is 16.1. The van der Waals surface area contributed by atoms with Crippen LogP contribution in [0.3, 0.4) is 0 Å². The SMILES string of the molecule is CC(C)C(=O)Cc1nc(-c2ccc(S(=O)(=O)N3CCCCC3)cc2)cs1. The Kier molecular flexibility index (Phi) is 5.89. The molecule has 1 saturated heterocycles. The second-order valence-corrected chi connectivity index (χ2v) is 9.79. The van der Waals surface area contributed by atoms with Crippen molar-refractivity contribution < 1.29 is 13.2 Å². The van der Waals surface area contributed by atoms with Gasteiger partial charge in [-0.15, -0.1) is 11.3 Å². The van der Waals surface area contributed by atoms with Gasteiger partial charge in [0.1, 0.15) is 10.8 Å². The minimum Gasteiger partial charge on any atom is -0.299 e. The van der Waals surface area contributed by atoms with E-state index in [1.807, 2.05) is 19.2 Å². The number of sulfonamides is 1. The zero-order valence-corrected chi connectivity index (χ0v) is 16.8. The van der Waals surface area contributed by atoms with E-state index in [1.54, 1.807) is 28.6 Å². The summed E-state index contributed by atoms with van der Waals surface area (Å²) in [7, 11) is -3.41. The number of piperidine rings is 1. The summed E-state index contributed by atoms with van der Waals surface area (Å²) >= 11 is 1.46. The van der Waals surface area contributed by atoms with Crippen LogP contribution in [0.1, 0.15) is 38.1 Å². The number of aromatic nitrogens is 1. The van der Waals surface area contributed by atoms with Crippen molar-refractivity contribution in [1.29, 1.82) is 0 Å². The molecule has 0 saturated carbocycles. The Hall–Kier alpha value is -1.57. The topological polar surface area (TPSA) is 67.3 Å². The molecule has 0 N–H and O–H groups in total. The fourth-order valence-electron chi connectivity index (χ4n) is 2.93. The third-order valence-electron chi connectivity index (χ3n) is 4.62. The first kappa shape index (κ1) is 19.2. The van der Waals surface area contributed by atoms with Gasteiger partial charge in [-0.3, -0.25) is 4.79 Å². The van der Waals surface area contributed by atoms with E-state index in [0.29, 0.717) is 24.4 Å². The number of ketones is 1. The lowest BCUT2D eigenvalue weighted by Crippen LogP contribution is -2.35. The number of carbonyl (C=O) groups is 1. The van der Waals surface area contributed by atoms with Crippen molar-refractivity contribution in [2.24, 2.45) is 5.92 Å². The minimum atomic E-state index is -3.41. The van der Waals surface area contributed by atoms with Crippen molar-refractivity contribution in [2.45, 2.75) is 44.4 Å². The maximum atomic E-state index is 12.7. The maximum Gasteiger partial charge on any atom is 0.243 e. The summed E-state index contributed by atoms with van der Waals surface area (Å²) in [5, 5.41) is 2.71. The molecule has 1 aromatic heterocycles. The molecule has 0 spiro atoms. The van der Waals surface area contributed by atoms with Gasteiger partial charge in [0.25, 0.3) is 0 Å². The van der Waals surface area contributed by atoms with E-state index in [4.69, 9.17) is 0 Å². The van der Waals surface area contributed by atoms with Crippen LogP contribution in [-0.4, -0.2) is 36.6 Å². The van der Waals surface area contributed by atoms with Crippen LogP contribution in [0.25, 0.3) is 11.3 Å². The first-order valence-corrected chi connectivity index (χ1v) is 11.3. The Balaban J connectivity index is 1.75. The van der Waals surface area contributed by atoms with Crippen LogP contribution >= 0.6 is 11.3 Å². The monoisotopic (exact) mass is 392 g/mol. The summed E-state index contributed by atoms with van der Waals surface area (Å²) in [5.41, 5.74) is 1.64. The molecule has 1 fully saturated rings. The summed E-state index contributed by atoms with van der Waals surface area (Å²) in [6.45, 7) is 4.98. The second-order valence-electron chi connectivity index (χ2n) is 6.91. The largest absolute Gasteiger partial charge is 0.299 e. The van der Waals surface area contributed by atoms with Crippen molar-refractivity contribution in [3.05, 3.63) is 34.7 Å². The standard InChI is InChI=1S/C19H24N2O3S2/c1-14(2)18(22)12-19-20-17(13-25-19)15-6-8-16(9-7-15)26(23,24)21-10-4-3-5-11-21/h6-9,13-14H,3-5,10-12H2,1-2H3. The van der Waals surface area contributed by atoms with Crippen molar-refractivity contribution >= 4 is 27.1 Å². The van der Waals surface area contributed by atoms with Gasteiger partial charge in [-0.2, -0.15) is 4.31 Å². The fraction of sp³-hybridized carbons (Fsp3) is 0.474. The zero-order valence-electron chi connectivity index (χ0n) is 15.1. The molecule has 140 valence electrons. The van der Waals surface area contributed by atoms with Crippen LogP contribution in [0, 0.1) is 5.92 Å². The third kappa shape index (κ3) is 4.22. The van der Waals surface area contributed by atoms with Gasteiger partial charge >= 0.3 is 0 Å². The molecule has 0 amide bonds. The quantitative estimate of drug-likeness (QED) is 0.751. The molecule has 0 unspecified atom stereocenters. The van der Waals surface area contributed by atoms with Gasteiger partial charge < -0.3 is 0 Å². The predicted octanol–water partition coefficient (Wildman–Crippen LogP) is 3.75. The predicted molar refractivity (Wildman–Crippen MR) is 104 cm³/mol. The van der Waals surface area contributed by atoms with Crippen molar-refractivity contribution in [2.75, 3.05) is 13.1 Å². The number of nitrogens with zero attached hydrogens (tertiary/aromatic N) is 2. The second kappa shape index (κ2) is 7.98. The molecule has 3 rings (SSSR count). The smallest absolute Gasteiger partial charge is 0.243 e. The number of Topliss-reactive ketones (excluding diaryl/α,β-unsaturated/α-hetero) is 1. The van der Waals surface area contributed by atoms with E-state index in [2.05, 4.69) is 4.98 Å². The summed E-state index contributed by atoms with van der Waals surface area (Å²) < 4.78 is 27.0. The molecule has 1 aromatic carbocycles. The van der Waals surface area contributed by atoms with E-state index >= 15 is 0 Å². The summed E-state index contributed by atoms with van der Waals surface area (Å²) in [4.78, 5) is 16.7. The molecule has 1 aliphatic rings. The van der Waals surface area contributed by atoms with Gasteiger partial charge in [0.2, 0.25) is 10.0 Å². The molecule has 26 heavy (non-hydrogen) atoms. The van der Waals surface area contributed by atoms with Crippen molar-refractivity contribution in [3.8, 4) is 11.3 Å². The van der Waals surface area contributed by atoms with Gasteiger partial charge in [-0.1, -0.05) is 32.4 Å². The van der Waals surface area contributed by atoms with Crippen LogP contribution in [0.5, 0.6) is 0 Å². The minimum absolute atomic E-state index is 0.00151. The molecule has 1 aliphatic heterocycles. The van der Waals surface area contributed by atoms with Crippen molar-refractivity contribution in [3.63, 3.8) is 0 Å². The molecule has 0 bridgehead atoms. The van der Waals surface area contributed by atoms with Gasteiger partial charge in [0, 0.05) is 30.0 Å². The number of rotatable bonds is 6. The lowest BCUT2D eigenvalue weighted by molar-refractivity contribution is -0.121. The number of hydrogen-bond donors (Lipinski definition) is 0. The van der Waals surface area contributed by atoms with E-state index in [0.717, 1.165) is 35.5 Å². The number of benzene rings is 1. The highest BCUT2D eigenvalue weighted by Crippen LogP contribution is 2.26. The highest BCUT2D eigenvalue weighted by molar-refractivity contribution is 7.89. The third-order valence-corrected chi connectivity index (χ3v) is 7.39. The van der Waals surface area contributed by atoms with Crippen LogP contribution in [0.15, 0.2) is 34.5 Å². The van der Waals surface area contributed by atoms with E-state index in [-0.39, 0.29) is 11.7 Å². The highest BCUT2D eigenvalue weighted by Gasteiger charge is 2.25. The maximum absolute atomic E-state index is 12.7. The van der Waals surface area contributed by atoms with Crippen LogP contribution < -0.4 is 0 Å². The molecule has 0 radical (unpaired) electrons. The van der Waals surface area contributed by atoms with Crippen LogP contribution in [0.2, 0.25) is 0 Å². The molecular formula is C19H24N2O3S2. The van der Waals surface area contributed by atoms with Crippen molar-refractivity contribution in [1.82, 2.24) is 9.29 Å². The van der Waals surface area contributed by atoms with Gasteiger partial charge in [-0.05, 0) is 25.0 Å². The summed E-state index contributed by atoms with van der Waals surface area (Å²) in [6.07, 6.45) is 3.29. The lowest BCUT2D eigenvalue weighted by atomic mass is 10.1. The zero-order chi connectivity index (χ0) is 18.7. The molecule has 2 heterocycles. The van der Waals surface area contributed by atoms with Gasteiger partial charge in [0.05, 0.1) is 17.0 Å². The Labute approximate surface area is 159 Å². The number of carbonyl (C=O) groups excluding carboxylic acids is 1. The van der Waals surface area contributed by atoms with E-state index in [1.165, 1.54) is 11.3 Å². The Bertz CT molecular complexity index is 864. The van der Waals surface area contributed by atoms with Gasteiger partial charge in [0.15, 0.2) is 0 Å². The lowest BCUT2D eigenvalue weighted by Gasteiger charge is -2.25.